The summed E-state index contributed by atoms with van der Waals surface area (Å²) < 4.78 is 0. The fraction of sp³-hybridized carbons (Fsp3) is 0.667. The van der Waals surface area contributed by atoms with E-state index in [4.69, 9.17) is 0 Å². The van der Waals surface area contributed by atoms with Crippen LogP contribution >= 0.6 is 11.3 Å². The summed E-state index contributed by atoms with van der Waals surface area (Å²) in [4.78, 5) is 28.4. The minimum Gasteiger partial charge on any atom is -0.481 e. The lowest BCUT2D eigenvalue weighted by atomic mass is 9.78. The molecule has 0 radical (unpaired) electrons. The van der Waals surface area contributed by atoms with Gasteiger partial charge in [0.15, 0.2) is 0 Å². The Morgan fingerprint density at radius 3 is 2.75 bits per heavy atom. The molecule has 3 rings (SSSR count). The molecule has 2 aliphatic rings. The number of unbranched alkanes of at least 4 members (excludes halogenated alkanes) is 1. The number of piperidine rings is 1. The molecule has 2 aliphatic heterocycles. The summed E-state index contributed by atoms with van der Waals surface area (Å²) >= 11 is 1.89. The second kappa shape index (κ2) is 7.23. The molecule has 1 amide bonds. The van der Waals surface area contributed by atoms with Crippen molar-refractivity contribution >= 4 is 23.2 Å². The number of aryl methyl sites for hydroxylation is 1. The van der Waals surface area contributed by atoms with Gasteiger partial charge in [-0.15, -0.1) is 11.3 Å². The predicted molar refractivity (Wildman–Crippen MR) is 94.1 cm³/mol. The minimum atomic E-state index is -0.847. The first-order chi connectivity index (χ1) is 11.5. The lowest BCUT2D eigenvalue weighted by Gasteiger charge is -2.41. The van der Waals surface area contributed by atoms with E-state index in [9.17, 15) is 14.7 Å². The van der Waals surface area contributed by atoms with Crippen molar-refractivity contribution in [1.29, 1.82) is 0 Å². The van der Waals surface area contributed by atoms with Crippen LogP contribution in [0.3, 0.4) is 0 Å². The molecule has 24 heavy (non-hydrogen) atoms. The molecule has 3 heterocycles. The van der Waals surface area contributed by atoms with Gasteiger partial charge >= 0.3 is 5.97 Å². The summed E-state index contributed by atoms with van der Waals surface area (Å²) in [6.45, 7) is 4.82. The third-order valence-corrected chi connectivity index (χ3v) is 6.49. The van der Waals surface area contributed by atoms with E-state index in [2.05, 4.69) is 29.3 Å². The fourth-order valence-electron chi connectivity index (χ4n) is 3.92. The van der Waals surface area contributed by atoms with Gasteiger partial charge in [-0.25, -0.2) is 0 Å². The number of aliphatic carboxylic acids is 1. The monoisotopic (exact) mass is 350 g/mol. The first-order valence-electron chi connectivity index (χ1n) is 8.86. The molecule has 0 saturated carbocycles. The quantitative estimate of drug-likeness (QED) is 0.827. The van der Waals surface area contributed by atoms with Gasteiger partial charge in [0.2, 0.25) is 5.91 Å². The molecule has 132 valence electrons. The summed E-state index contributed by atoms with van der Waals surface area (Å²) in [5, 5.41) is 12.4. The number of rotatable bonds is 6. The Morgan fingerprint density at radius 1 is 1.38 bits per heavy atom. The van der Waals surface area contributed by atoms with Crippen molar-refractivity contribution in [2.45, 2.75) is 57.5 Å². The Morgan fingerprint density at radius 2 is 2.08 bits per heavy atom. The average Bonchev–Trinajstić information content (AvgIpc) is 3.12. The smallest absolute Gasteiger partial charge is 0.309 e. The summed E-state index contributed by atoms with van der Waals surface area (Å²) in [5.74, 6) is -1.54. The number of carbonyl (C=O) groups is 2. The van der Waals surface area contributed by atoms with Crippen molar-refractivity contribution in [3.63, 3.8) is 0 Å². The number of likely N-dealkylation sites (tertiary alicyclic amines) is 1. The third-order valence-electron chi connectivity index (χ3n) is 5.36. The Balaban J connectivity index is 1.56. The number of nitrogens with zero attached hydrogens (tertiary/aromatic N) is 1. The van der Waals surface area contributed by atoms with E-state index in [1.807, 2.05) is 11.3 Å². The van der Waals surface area contributed by atoms with E-state index >= 15 is 0 Å². The maximum absolute atomic E-state index is 11.7. The highest BCUT2D eigenvalue weighted by molar-refractivity contribution is 7.11. The Bertz CT molecular complexity index is 605. The topological polar surface area (TPSA) is 69.6 Å². The molecule has 0 aliphatic carbocycles. The second-order valence-electron chi connectivity index (χ2n) is 7.05. The molecule has 1 atom stereocenters. The van der Waals surface area contributed by atoms with Crippen molar-refractivity contribution in [2.24, 2.45) is 5.92 Å². The van der Waals surface area contributed by atoms with Gasteiger partial charge in [0.05, 0.1) is 11.5 Å². The van der Waals surface area contributed by atoms with Gasteiger partial charge < -0.3 is 10.4 Å². The van der Waals surface area contributed by atoms with Gasteiger partial charge in [-0.1, -0.05) is 13.3 Å². The Labute approximate surface area is 147 Å². The number of carbonyl (C=O) groups excluding carboxylic acids is 1. The number of carboxylic acids is 1. The summed E-state index contributed by atoms with van der Waals surface area (Å²) in [7, 11) is 0. The number of hydrogen-bond acceptors (Lipinski definition) is 4. The number of nitrogens with one attached hydrogen (secondary N) is 1. The molecule has 6 heteroatoms. The molecule has 1 aromatic rings. The highest BCUT2D eigenvalue weighted by Gasteiger charge is 2.51. The van der Waals surface area contributed by atoms with Crippen molar-refractivity contribution in [3.8, 4) is 0 Å². The summed E-state index contributed by atoms with van der Waals surface area (Å²) in [6.07, 6.45) is 5.20. The van der Waals surface area contributed by atoms with Crippen LogP contribution < -0.4 is 5.32 Å². The molecular formula is C18H26N2O3S. The van der Waals surface area contributed by atoms with Crippen LogP contribution in [0.5, 0.6) is 0 Å². The van der Waals surface area contributed by atoms with Crippen LogP contribution in [0.1, 0.15) is 48.8 Å². The Hall–Kier alpha value is -1.40. The van der Waals surface area contributed by atoms with Crippen LogP contribution in [0.4, 0.5) is 0 Å². The van der Waals surface area contributed by atoms with Gasteiger partial charge in [0, 0.05) is 35.8 Å². The normalized spacial score (nSPS) is 23.5. The van der Waals surface area contributed by atoms with Crippen molar-refractivity contribution in [2.75, 3.05) is 13.1 Å². The van der Waals surface area contributed by atoms with E-state index in [0.29, 0.717) is 0 Å². The van der Waals surface area contributed by atoms with Crippen LogP contribution in [0.25, 0.3) is 0 Å². The first-order valence-corrected chi connectivity index (χ1v) is 9.68. The van der Waals surface area contributed by atoms with Crippen molar-refractivity contribution in [3.05, 3.63) is 21.9 Å². The predicted octanol–water partition coefficient (Wildman–Crippen LogP) is 2.65. The number of carboxylic acid groups (broad SMARTS) is 1. The molecule has 0 bridgehead atoms. The highest BCUT2D eigenvalue weighted by Crippen LogP contribution is 2.37. The molecule has 0 unspecified atom stereocenters. The number of hydrogen-bond donors (Lipinski definition) is 2. The first kappa shape index (κ1) is 17.4. The molecule has 2 saturated heterocycles. The highest BCUT2D eigenvalue weighted by atomic mass is 32.1. The lowest BCUT2D eigenvalue weighted by Crippen LogP contribution is -2.55. The van der Waals surface area contributed by atoms with Gasteiger partial charge in [0.1, 0.15) is 0 Å². The van der Waals surface area contributed by atoms with Crippen LogP contribution in [0.2, 0.25) is 0 Å². The molecule has 2 fully saturated rings. The van der Waals surface area contributed by atoms with E-state index < -0.39 is 17.4 Å². The van der Waals surface area contributed by atoms with Crippen LogP contribution in [-0.4, -0.2) is 40.5 Å². The van der Waals surface area contributed by atoms with Crippen molar-refractivity contribution < 1.29 is 14.7 Å². The Kier molecular flexibility index (Phi) is 5.25. The van der Waals surface area contributed by atoms with E-state index in [1.54, 1.807) is 0 Å². The standard InChI is InChI=1S/C18H26N2O3S/c1-2-3-4-13-5-6-14(24-13)12-20-9-7-18(8-10-20)15(17(22)23)11-16(21)19-18/h5-6,15H,2-4,7-12H2,1H3,(H,19,21)(H,22,23)/t15-/m0/s1. The van der Waals surface area contributed by atoms with E-state index in [-0.39, 0.29) is 12.3 Å². The average molecular weight is 350 g/mol. The van der Waals surface area contributed by atoms with Crippen LogP contribution in [-0.2, 0) is 22.6 Å². The van der Waals surface area contributed by atoms with Gasteiger partial charge in [-0.05, 0) is 37.8 Å². The second-order valence-corrected chi connectivity index (χ2v) is 8.30. The summed E-state index contributed by atoms with van der Waals surface area (Å²) in [6, 6.07) is 4.45. The van der Waals surface area contributed by atoms with E-state index in [1.165, 1.54) is 22.6 Å². The van der Waals surface area contributed by atoms with Gasteiger partial charge in [-0.3, -0.25) is 14.5 Å². The van der Waals surface area contributed by atoms with Crippen molar-refractivity contribution in [1.82, 2.24) is 10.2 Å². The number of thiophene rings is 1. The van der Waals surface area contributed by atoms with Crippen LogP contribution in [0, 0.1) is 5.92 Å². The molecule has 0 aromatic carbocycles. The maximum Gasteiger partial charge on any atom is 0.309 e. The zero-order valence-corrected chi connectivity index (χ0v) is 15.0. The van der Waals surface area contributed by atoms with Gasteiger partial charge in [0.25, 0.3) is 0 Å². The number of amides is 1. The van der Waals surface area contributed by atoms with Crippen LogP contribution in [0.15, 0.2) is 12.1 Å². The zero-order chi connectivity index (χ0) is 17.2. The van der Waals surface area contributed by atoms with E-state index in [0.717, 1.165) is 38.9 Å². The minimum absolute atomic E-state index is 0.116. The third kappa shape index (κ3) is 3.64. The molecule has 1 aromatic heterocycles. The fourth-order valence-corrected chi connectivity index (χ4v) is 5.02. The zero-order valence-electron chi connectivity index (χ0n) is 14.2. The molecule has 2 N–H and O–H groups in total. The maximum atomic E-state index is 11.7. The van der Waals surface area contributed by atoms with Gasteiger partial charge in [-0.2, -0.15) is 0 Å². The molecule has 1 spiro atoms. The SMILES string of the molecule is CCCCc1ccc(CN2CCC3(CC2)NC(=O)C[C@H]3C(=O)O)s1. The lowest BCUT2D eigenvalue weighted by molar-refractivity contribution is -0.144. The molecular weight excluding hydrogens is 324 g/mol. The summed E-state index contributed by atoms with van der Waals surface area (Å²) in [5.41, 5.74) is -0.527. The molecule has 5 nitrogen and oxygen atoms in total. The largest absolute Gasteiger partial charge is 0.481 e.